The van der Waals surface area contributed by atoms with Crippen molar-refractivity contribution in [3.8, 4) is 0 Å². The van der Waals surface area contributed by atoms with Crippen LogP contribution in [-0.4, -0.2) is 51.4 Å². The van der Waals surface area contributed by atoms with Crippen LogP contribution < -0.4 is 4.72 Å². The summed E-state index contributed by atoms with van der Waals surface area (Å²) in [7, 11) is -3.53. The Labute approximate surface area is 143 Å². The van der Waals surface area contributed by atoms with Gasteiger partial charge in [-0.25, -0.2) is 0 Å². The molecule has 4 atom stereocenters. The summed E-state index contributed by atoms with van der Waals surface area (Å²) in [5, 5.41) is 10.6. The molecule has 1 saturated heterocycles. The fourth-order valence-electron chi connectivity index (χ4n) is 3.03. The Morgan fingerprint density at radius 1 is 1.23 bits per heavy atom. The zero-order valence-corrected chi connectivity index (χ0v) is 17.1. The van der Waals surface area contributed by atoms with Gasteiger partial charge in [0.25, 0.3) is 0 Å². The number of fused-ring (bicyclic) bond motifs is 2. The summed E-state index contributed by atoms with van der Waals surface area (Å²) in [4.78, 5) is 0.685. The van der Waals surface area contributed by atoms with Crippen LogP contribution in [0, 0.1) is 6.92 Å². The van der Waals surface area contributed by atoms with Crippen molar-refractivity contribution in [2.24, 2.45) is 0 Å². The van der Waals surface area contributed by atoms with Crippen LogP contribution >= 0.6 is 0 Å². The number of sulfonamides is 1. The van der Waals surface area contributed by atoms with Gasteiger partial charge in [0.15, 0.2) is 0 Å². The molecule has 0 aromatic heterocycles. The Hall–Kier alpha value is 0.129. The van der Waals surface area contributed by atoms with Crippen molar-refractivity contribution in [2.75, 3.05) is 0 Å². The molecule has 4 nitrogen and oxygen atoms in total. The van der Waals surface area contributed by atoms with Crippen LogP contribution in [0.1, 0.15) is 32.3 Å². The Morgan fingerprint density at radius 3 is 2.50 bits per heavy atom. The molecule has 1 aliphatic heterocycles. The zero-order chi connectivity index (χ0) is 16.2. The molecule has 1 heterocycles. The number of hydrogen-bond acceptors (Lipinski definition) is 3. The molecule has 2 N–H and O–H groups in total. The van der Waals surface area contributed by atoms with Gasteiger partial charge in [0.05, 0.1) is 0 Å². The van der Waals surface area contributed by atoms with Gasteiger partial charge in [-0.15, -0.1) is 0 Å². The van der Waals surface area contributed by atoms with E-state index in [4.69, 9.17) is 0 Å². The topological polar surface area (TPSA) is 66.4 Å². The van der Waals surface area contributed by atoms with Crippen LogP contribution in [0.4, 0.5) is 0 Å². The summed E-state index contributed by atoms with van der Waals surface area (Å²) in [5.41, 5.74) is 0.300. The quantitative estimate of drug-likeness (QED) is 0.682. The number of rotatable bonds is 3. The predicted octanol–water partition coefficient (Wildman–Crippen LogP) is 1.49. The number of benzene rings is 1. The molecule has 0 spiro atoms. The first kappa shape index (κ1) is 17.0. The Kier molecular flexibility index (Phi) is 4.31. The van der Waals surface area contributed by atoms with Crippen molar-refractivity contribution in [2.45, 2.75) is 59.3 Å². The first-order valence-corrected chi connectivity index (χ1v) is 14.9. The van der Waals surface area contributed by atoms with E-state index >= 15 is 0 Å². The van der Waals surface area contributed by atoms with E-state index in [2.05, 4.69) is 11.6 Å². The fourth-order valence-corrected chi connectivity index (χ4v) is 17.0. The molecule has 2 bridgehead atoms. The molecule has 0 unspecified atom stereocenters. The molecule has 7 heteroatoms. The van der Waals surface area contributed by atoms with Gasteiger partial charge in [-0.1, -0.05) is 0 Å². The number of aliphatic hydroxyl groups is 1. The molecule has 1 saturated carbocycles. The van der Waals surface area contributed by atoms with E-state index in [1.54, 1.807) is 12.1 Å². The van der Waals surface area contributed by atoms with E-state index in [1.165, 1.54) is 0 Å². The molecular weight excluding hydrogens is 432 g/mol. The summed E-state index contributed by atoms with van der Waals surface area (Å²) in [6, 6.07) is 6.74. The van der Waals surface area contributed by atoms with E-state index in [-0.39, 0.29) is 10.4 Å². The Bertz CT molecular complexity index is 675. The second-order valence-corrected chi connectivity index (χ2v) is 16.3. The standard InChI is InChI=1S/C15H21NO3SSe2/c1-10-4-6-11(7-5-10)20(18,19)16-12-8-14(2,17)13-9-15(12,3)22-21-13/h4-7,12-13,16-17H,8-9H2,1-3H3/t12-,13+,14+,15-/m1/s1. The molecule has 1 aliphatic carbocycles. The molecule has 0 amide bonds. The average molecular weight is 453 g/mol. The molecule has 22 heavy (non-hydrogen) atoms. The average Bonchev–Trinajstić information content (AvgIpc) is 2.79. The van der Waals surface area contributed by atoms with E-state index < -0.39 is 15.6 Å². The molecule has 1 aromatic rings. The van der Waals surface area contributed by atoms with E-state index in [0.717, 1.165) is 12.0 Å². The van der Waals surface area contributed by atoms with Crippen LogP contribution in [-0.2, 0) is 10.0 Å². The van der Waals surface area contributed by atoms with Gasteiger partial charge >= 0.3 is 144 Å². The maximum absolute atomic E-state index is 12.7. The van der Waals surface area contributed by atoms with E-state index in [1.807, 2.05) is 26.0 Å². The first-order valence-electron chi connectivity index (χ1n) is 7.28. The summed E-state index contributed by atoms with van der Waals surface area (Å²) in [6.07, 6.45) is 1.46. The second-order valence-electron chi connectivity index (χ2n) is 6.73. The summed E-state index contributed by atoms with van der Waals surface area (Å²) >= 11 is 0.876. The van der Waals surface area contributed by atoms with Crippen LogP contribution in [0.15, 0.2) is 29.2 Å². The first-order chi connectivity index (χ1) is 10.1. The maximum atomic E-state index is 12.7. The van der Waals surface area contributed by atoms with Gasteiger partial charge in [0.1, 0.15) is 0 Å². The third kappa shape index (κ3) is 3.05. The predicted molar refractivity (Wildman–Crippen MR) is 88.8 cm³/mol. The summed E-state index contributed by atoms with van der Waals surface area (Å²) < 4.78 is 28.3. The van der Waals surface area contributed by atoms with Gasteiger partial charge in [-0.05, 0) is 0 Å². The van der Waals surface area contributed by atoms with Crippen molar-refractivity contribution >= 4 is 36.3 Å². The third-order valence-corrected chi connectivity index (χ3v) is 17.7. The van der Waals surface area contributed by atoms with Gasteiger partial charge in [-0.2, -0.15) is 0 Å². The second kappa shape index (κ2) is 5.59. The number of nitrogens with one attached hydrogen (secondary N) is 1. The SMILES string of the molecule is Cc1ccc(S(=O)(=O)N[C@@H]2C[C@](C)(O)[C@@H]3C[C@@]2(C)[Se][Se]3)cc1. The van der Waals surface area contributed by atoms with Crippen LogP contribution in [0.3, 0.4) is 0 Å². The van der Waals surface area contributed by atoms with Crippen LogP contribution in [0.2, 0.25) is 9.13 Å². The van der Waals surface area contributed by atoms with Gasteiger partial charge in [0.2, 0.25) is 0 Å². The summed E-state index contributed by atoms with van der Waals surface area (Å²) in [5.74, 6) is 0. The van der Waals surface area contributed by atoms with E-state index in [0.29, 0.717) is 42.4 Å². The van der Waals surface area contributed by atoms with Gasteiger partial charge in [-0.3, -0.25) is 0 Å². The molecule has 1 aromatic carbocycles. The van der Waals surface area contributed by atoms with Crippen LogP contribution in [0.5, 0.6) is 0 Å². The van der Waals surface area contributed by atoms with E-state index in [9.17, 15) is 13.5 Å². The normalized spacial score (nSPS) is 38.2. The minimum absolute atomic E-state index is 0.0394. The molecular formula is C15H21NO3SSe2. The van der Waals surface area contributed by atoms with Crippen molar-refractivity contribution in [3.05, 3.63) is 29.8 Å². The van der Waals surface area contributed by atoms with Crippen molar-refractivity contribution in [1.29, 1.82) is 0 Å². The number of aryl methyl sites for hydroxylation is 1. The monoisotopic (exact) mass is 455 g/mol. The van der Waals surface area contributed by atoms with Crippen molar-refractivity contribution in [1.82, 2.24) is 4.72 Å². The molecule has 0 radical (unpaired) electrons. The molecule has 3 rings (SSSR count). The minimum atomic E-state index is -3.53. The fraction of sp³-hybridized carbons (Fsp3) is 0.600. The number of hydrogen-bond donors (Lipinski definition) is 2. The third-order valence-electron chi connectivity index (χ3n) is 4.62. The molecule has 2 fully saturated rings. The van der Waals surface area contributed by atoms with Crippen LogP contribution in [0.25, 0.3) is 0 Å². The zero-order valence-electron chi connectivity index (χ0n) is 12.9. The Balaban J connectivity index is 1.86. The van der Waals surface area contributed by atoms with Gasteiger partial charge < -0.3 is 0 Å². The Morgan fingerprint density at radius 2 is 1.86 bits per heavy atom. The molecule has 2 aliphatic rings. The van der Waals surface area contributed by atoms with Crippen molar-refractivity contribution < 1.29 is 13.5 Å². The summed E-state index contributed by atoms with van der Waals surface area (Å²) in [6.45, 7) is 5.99. The van der Waals surface area contributed by atoms with Crippen molar-refractivity contribution in [3.63, 3.8) is 0 Å². The molecule has 122 valence electrons. The van der Waals surface area contributed by atoms with Gasteiger partial charge in [0, 0.05) is 0 Å².